The maximum Gasteiger partial charge on any atom is 0.128 e. The van der Waals surface area contributed by atoms with Crippen molar-refractivity contribution >= 4 is 11.5 Å². The van der Waals surface area contributed by atoms with Gasteiger partial charge < -0.3 is 14.6 Å². The van der Waals surface area contributed by atoms with Crippen LogP contribution in [0.2, 0.25) is 0 Å². The first-order valence-electron chi connectivity index (χ1n) is 4.94. The van der Waals surface area contributed by atoms with E-state index in [1.165, 1.54) is 6.20 Å². The second kappa shape index (κ2) is 5.11. The van der Waals surface area contributed by atoms with Crippen molar-refractivity contribution < 1.29 is 14.6 Å². The van der Waals surface area contributed by atoms with Gasteiger partial charge >= 0.3 is 0 Å². The number of benzene rings is 1. The maximum absolute atomic E-state index is 10.3. The van der Waals surface area contributed by atoms with Crippen molar-refractivity contribution in [2.24, 2.45) is 0 Å². The zero-order valence-electron chi connectivity index (χ0n) is 9.45. The van der Waals surface area contributed by atoms with Crippen molar-refractivity contribution in [2.45, 2.75) is 6.10 Å². The molecule has 0 aliphatic carbocycles. The summed E-state index contributed by atoms with van der Waals surface area (Å²) in [6.07, 6.45) is 0.683. The summed E-state index contributed by atoms with van der Waals surface area (Å²) < 4.78 is 14.2. The van der Waals surface area contributed by atoms with E-state index >= 15 is 0 Å². The van der Waals surface area contributed by atoms with Gasteiger partial charge in [0.25, 0.3) is 0 Å². The van der Waals surface area contributed by atoms with Crippen LogP contribution in [0.15, 0.2) is 24.4 Å². The first kappa shape index (κ1) is 11.8. The molecular formula is C11H12N2O3S. The van der Waals surface area contributed by atoms with Gasteiger partial charge in [-0.2, -0.15) is 0 Å². The molecule has 0 radical (unpaired) electrons. The molecule has 1 N–H and O–H groups in total. The smallest absolute Gasteiger partial charge is 0.128 e. The van der Waals surface area contributed by atoms with Crippen LogP contribution in [0, 0.1) is 0 Å². The molecule has 2 rings (SSSR count). The van der Waals surface area contributed by atoms with Gasteiger partial charge in [0.15, 0.2) is 0 Å². The minimum absolute atomic E-state index is 0.574. The molecule has 0 aliphatic heterocycles. The van der Waals surface area contributed by atoms with Gasteiger partial charge in [-0.05, 0) is 23.7 Å². The number of aliphatic hydroxyl groups excluding tert-OH is 1. The van der Waals surface area contributed by atoms with Crippen molar-refractivity contribution in [2.75, 3.05) is 14.2 Å². The van der Waals surface area contributed by atoms with Crippen LogP contribution in [0.5, 0.6) is 11.5 Å². The zero-order chi connectivity index (χ0) is 12.3. The highest BCUT2D eigenvalue weighted by atomic mass is 32.1. The Hall–Kier alpha value is -1.66. The van der Waals surface area contributed by atoms with E-state index < -0.39 is 6.10 Å². The molecule has 1 atom stereocenters. The van der Waals surface area contributed by atoms with Crippen molar-refractivity contribution in [3.8, 4) is 11.5 Å². The summed E-state index contributed by atoms with van der Waals surface area (Å²) in [6.45, 7) is 0. The van der Waals surface area contributed by atoms with Crippen LogP contribution in [0.1, 0.15) is 16.5 Å². The second-order valence-corrected chi connectivity index (χ2v) is 4.12. The molecule has 2 aromatic rings. The molecule has 90 valence electrons. The van der Waals surface area contributed by atoms with Gasteiger partial charge in [0, 0.05) is 0 Å². The Morgan fingerprint density at radius 2 is 1.88 bits per heavy atom. The first-order chi connectivity index (χ1) is 8.27. The van der Waals surface area contributed by atoms with E-state index in [-0.39, 0.29) is 0 Å². The predicted molar refractivity (Wildman–Crippen MR) is 63.5 cm³/mol. The Kier molecular flexibility index (Phi) is 3.55. The standard InChI is InChI=1S/C11H12N2O3S/c1-15-7-4-3-5-8(16-2)10(7)11(14)9-6-12-13-17-9/h3-6,11,14H,1-2H3. The average Bonchev–Trinajstić information content (AvgIpc) is 2.90. The Morgan fingerprint density at radius 1 is 1.24 bits per heavy atom. The molecule has 1 aromatic heterocycles. The van der Waals surface area contributed by atoms with Crippen LogP contribution in [0.3, 0.4) is 0 Å². The Bertz CT molecular complexity index is 465. The molecule has 0 spiro atoms. The minimum atomic E-state index is -0.846. The van der Waals surface area contributed by atoms with Gasteiger partial charge in [0.05, 0.1) is 30.9 Å². The molecule has 1 unspecified atom stereocenters. The van der Waals surface area contributed by atoms with E-state index in [0.717, 1.165) is 11.5 Å². The highest BCUT2D eigenvalue weighted by Gasteiger charge is 2.21. The highest BCUT2D eigenvalue weighted by Crippen LogP contribution is 2.37. The first-order valence-corrected chi connectivity index (χ1v) is 5.71. The maximum atomic E-state index is 10.3. The quantitative estimate of drug-likeness (QED) is 0.896. The molecule has 17 heavy (non-hydrogen) atoms. The SMILES string of the molecule is COc1cccc(OC)c1C(O)c1cnns1. The fourth-order valence-corrected chi connectivity index (χ4v) is 2.09. The van der Waals surface area contributed by atoms with Crippen LogP contribution in [0.25, 0.3) is 0 Å². The molecular weight excluding hydrogens is 240 g/mol. The Labute approximate surface area is 103 Å². The minimum Gasteiger partial charge on any atom is -0.496 e. The summed E-state index contributed by atoms with van der Waals surface area (Å²) in [4.78, 5) is 0.646. The highest BCUT2D eigenvalue weighted by molar-refractivity contribution is 7.05. The van der Waals surface area contributed by atoms with Crippen LogP contribution >= 0.6 is 11.5 Å². The van der Waals surface area contributed by atoms with Gasteiger partial charge in [0.2, 0.25) is 0 Å². The van der Waals surface area contributed by atoms with Crippen LogP contribution in [-0.4, -0.2) is 28.9 Å². The van der Waals surface area contributed by atoms with Crippen molar-refractivity contribution in [1.29, 1.82) is 0 Å². The molecule has 1 heterocycles. The lowest BCUT2D eigenvalue weighted by molar-refractivity contribution is 0.212. The molecule has 6 heteroatoms. The zero-order valence-corrected chi connectivity index (χ0v) is 10.3. The number of nitrogens with zero attached hydrogens (tertiary/aromatic N) is 2. The monoisotopic (exact) mass is 252 g/mol. The summed E-state index contributed by atoms with van der Waals surface area (Å²) in [5.41, 5.74) is 0.587. The molecule has 0 fully saturated rings. The number of hydrogen-bond donors (Lipinski definition) is 1. The summed E-state index contributed by atoms with van der Waals surface area (Å²) in [7, 11) is 3.10. The van der Waals surface area contributed by atoms with Gasteiger partial charge in [-0.25, -0.2) is 0 Å². The largest absolute Gasteiger partial charge is 0.496 e. The van der Waals surface area contributed by atoms with Crippen molar-refractivity contribution in [3.63, 3.8) is 0 Å². The topological polar surface area (TPSA) is 64.5 Å². The predicted octanol–water partition coefficient (Wildman–Crippen LogP) is 1.64. The third-order valence-corrected chi connectivity index (χ3v) is 3.10. The number of aliphatic hydroxyl groups is 1. The summed E-state index contributed by atoms with van der Waals surface area (Å²) in [5.74, 6) is 1.15. The third kappa shape index (κ3) is 2.22. The average molecular weight is 252 g/mol. The van der Waals surface area contributed by atoms with Gasteiger partial charge in [-0.1, -0.05) is 10.6 Å². The summed E-state index contributed by atoms with van der Waals surface area (Å²) >= 11 is 1.14. The normalized spacial score (nSPS) is 12.2. The summed E-state index contributed by atoms with van der Waals surface area (Å²) in [5, 5.41) is 14.0. The number of aromatic nitrogens is 2. The molecule has 0 saturated carbocycles. The van der Waals surface area contributed by atoms with Gasteiger partial charge in [-0.3, -0.25) is 0 Å². The molecule has 0 amide bonds. The number of hydrogen-bond acceptors (Lipinski definition) is 6. The third-order valence-electron chi connectivity index (χ3n) is 2.39. The van der Waals surface area contributed by atoms with E-state index in [0.29, 0.717) is 21.9 Å². The molecule has 0 bridgehead atoms. The Morgan fingerprint density at radius 3 is 2.35 bits per heavy atom. The van der Waals surface area contributed by atoms with Crippen molar-refractivity contribution in [3.05, 3.63) is 34.8 Å². The van der Waals surface area contributed by atoms with Crippen molar-refractivity contribution in [1.82, 2.24) is 9.59 Å². The molecule has 0 aliphatic rings. The van der Waals surface area contributed by atoms with Gasteiger partial charge in [-0.15, -0.1) is 5.10 Å². The lowest BCUT2D eigenvalue weighted by Gasteiger charge is -2.16. The van der Waals surface area contributed by atoms with E-state index in [4.69, 9.17) is 9.47 Å². The number of methoxy groups -OCH3 is 2. The van der Waals surface area contributed by atoms with Gasteiger partial charge in [0.1, 0.15) is 17.6 Å². The van der Waals surface area contributed by atoms with E-state index in [1.54, 1.807) is 32.4 Å². The van der Waals surface area contributed by atoms with E-state index in [1.807, 2.05) is 0 Å². The lowest BCUT2D eigenvalue weighted by Crippen LogP contribution is -2.03. The number of ether oxygens (including phenoxy) is 2. The number of rotatable bonds is 4. The van der Waals surface area contributed by atoms with E-state index in [9.17, 15) is 5.11 Å². The fourth-order valence-electron chi connectivity index (χ4n) is 1.59. The molecule has 5 nitrogen and oxygen atoms in total. The molecule has 0 saturated heterocycles. The second-order valence-electron chi connectivity index (χ2n) is 3.30. The van der Waals surface area contributed by atoms with Crippen LogP contribution < -0.4 is 9.47 Å². The lowest BCUT2D eigenvalue weighted by atomic mass is 10.1. The van der Waals surface area contributed by atoms with Crippen LogP contribution in [0.4, 0.5) is 0 Å². The summed E-state index contributed by atoms with van der Waals surface area (Å²) in [6, 6.07) is 5.35. The van der Waals surface area contributed by atoms with E-state index in [2.05, 4.69) is 9.59 Å². The fraction of sp³-hybridized carbons (Fsp3) is 0.273. The molecule has 1 aromatic carbocycles. The van der Waals surface area contributed by atoms with Crippen LogP contribution in [-0.2, 0) is 0 Å². The Balaban J connectivity index is 2.49.